The summed E-state index contributed by atoms with van der Waals surface area (Å²) in [4.78, 5) is 32.5. The number of hydrogen-bond donors (Lipinski definition) is 0. The van der Waals surface area contributed by atoms with Crippen LogP contribution in [0.3, 0.4) is 0 Å². The number of nitrogens with zero attached hydrogens (tertiary/aromatic N) is 2. The van der Waals surface area contributed by atoms with E-state index in [0.717, 1.165) is 100 Å². The molecule has 242 valence electrons. The van der Waals surface area contributed by atoms with Crippen molar-refractivity contribution in [2.75, 3.05) is 52.5 Å². The number of hydrogen-bond acceptors (Lipinski definition) is 6. The first-order chi connectivity index (χ1) is 21.6. The average molecular weight is 605 g/mol. The van der Waals surface area contributed by atoms with E-state index in [1.54, 1.807) is 0 Å². The molecule has 0 bridgehead atoms. The van der Waals surface area contributed by atoms with Gasteiger partial charge >= 0.3 is 0 Å². The maximum Gasteiger partial charge on any atom is 0.167 e. The molecule has 44 heavy (non-hydrogen) atoms. The summed E-state index contributed by atoms with van der Waals surface area (Å²) in [6.07, 6.45) is 13.0. The monoisotopic (exact) mass is 604 g/mol. The van der Waals surface area contributed by atoms with Crippen LogP contribution >= 0.6 is 0 Å². The number of carbonyl (C=O) groups is 2. The number of ether oxygens (including phenoxy) is 2. The van der Waals surface area contributed by atoms with E-state index in [1.807, 2.05) is 48.5 Å². The lowest BCUT2D eigenvalue weighted by molar-refractivity contribution is 0.0833. The molecule has 2 fully saturated rings. The highest BCUT2D eigenvalue weighted by atomic mass is 16.5. The second kappa shape index (κ2) is 19.0. The molecule has 4 rings (SSSR count). The van der Waals surface area contributed by atoms with Crippen molar-refractivity contribution in [1.29, 1.82) is 0 Å². The lowest BCUT2D eigenvalue weighted by Crippen LogP contribution is -2.37. The Morgan fingerprint density at radius 2 is 0.955 bits per heavy atom. The zero-order chi connectivity index (χ0) is 31.0. The first-order valence-corrected chi connectivity index (χ1v) is 17.6. The van der Waals surface area contributed by atoms with Gasteiger partial charge in [0.1, 0.15) is 11.5 Å². The quantitative estimate of drug-likeness (QED) is 0.119. The molecule has 2 aliphatic heterocycles. The van der Waals surface area contributed by atoms with E-state index in [2.05, 4.69) is 23.6 Å². The van der Waals surface area contributed by atoms with Crippen LogP contribution in [0.25, 0.3) is 0 Å². The molecule has 6 nitrogen and oxygen atoms in total. The highest BCUT2D eigenvalue weighted by Gasteiger charge is 2.26. The Balaban J connectivity index is 1.38. The molecule has 2 atom stereocenters. The van der Waals surface area contributed by atoms with Crippen LogP contribution in [0.5, 0.6) is 11.5 Å². The van der Waals surface area contributed by atoms with Crippen molar-refractivity contribution in [1.82, 2.24) is 9.80 Å². The number of piperidine rings is 2. The van der Waals surface area contributed by atoms with Gasteiger partial charge in [0, 0.05) is 36.1 Å². The predicted molar refractivity (Wildman–Crippen MR) is 179 cm³/mol. The van der Waals surface area contributed by atoms with Gasteiger partial charge in [-0.2, -0.15) is 0 Å². The van der Waals surface area contributed by atoms with Crippen LogP contribution in [-0.2, 0) is 0 Å². The Bertz CT molecular complexity index is 1020. The predicted octanol–water partition coefficient (Wildman–Crippen LogP) is 8.09. The highest BCUT2D eigenvalue weighted by Crippen LogP contribution is 2.25. The molecular formula is C38H56N2O4. The topological polar surface area (TPSA) is 59.1 Å². The molecule has 0 amide bonds. The Hall–Kier alpha value is -2.70. The number of unbranched alkanes of at least 4 members (excludes halogenated alkanes) is 1. The molecular weight excluding hydrogens is 548 g/mol. The van der Waals surface area contributed by atoms with E-state index >= 15 is 0 Å². The third-order valence-electron chi connectivity index (χ3n) is 9.17. The van der Waals surface area contributed by atoms with Crippen LogP contribution in [0.2, 0.25) is 0 Å². The Morgan fingerprint density at radius 1 is 0.591 bits per heavy atom. The van der Waals surface area contributed by atoms with Gasteiger partial charge in [0.15, 0.2) is 11.6 Å². The maximum atomic E-state index is 13.8. The number of ketones is 2. The zero-order valence-corrected chi connectivity index (χ0v) is 27.4. The Labute approximate surface area is 266 Å². The molecule has 6 heteroatoms. The van der Waals surface area contributed by atoms with E-state index in [-0.39, 0.29) is 23.4 Å². The lowest BCUT2D eigenvalue weighted by atomic mass is 9.88. The minimum Gasteiger partial charge on any atom is -0.494 e. The molecule has 2 aliphatic rings. The first-order valence-electron chi connectivity index (χ1n) is 17.6. The third-order valence-corrected chi connectivity index (χ3v) is 9.17. The van der Waals surface area contributed by atoms with Crippen LogP contribution in [0.1, 0.15) is 112 Å². The fourth-order valence-corrected chi connectivity index (χ4v) is 6.64. The fourth-order valence-electron chi connectivity index (χ4n) is 6.64. The Morgan fingerprint density at radius 3 is 1.30 bits per heavy atom. The number of likely N-dealkylation sites (tertiary alicyclic amines) is 2. The van der Waals surface area contributed by atoms with Crippen LogP contribution in [0.15, 0.2) is 48.5 Å². The van der Waals surface area contributed by atoms with Crippen molar-refractivity contribution in [3.05, 3.63) is 59.7 Å². The molecule has 0 N–H and O–H groups in total. The molecule has 0 radical (unpaired) electrons. The molecule has 0 unspecified atom stereocenters. The summed E-state index contributed by atoms with van der Waals surface area (Å²) < 4.78 is 11.5. The first kappa shape index (κ1) is 34.2. The van der Waals surface area contributed by atoms with Crippen LogP contribution in [-0.4, -0.2) is 73.8 Å². The standard InChI is InChI=1S/C38H56N2O4/c1-3-27-43-35-19-15-31(16-20-35)37(41)33(29-39-23-9-5-10-24-39)13-7-8-14-34(30-40-25-11-6-12-26-40)38(42)32-17-21-36(22-18-32)44-28-4-2/h15-22,33-34H,3-14,23-30H2,1-2H3/t33-,34-/m0/s1. The number of carbonyl (C=O) groups excluding carboxylic acids is 2. The summed E-state index contributed by atoms with van der Waals surface area (Å²) in [5.74, 6) is 2.07. The van der Waals surface area contributed by atoms with Gasteiger partial charge in [0.05, 0.1) is 13.2 Å². The molecule has 2 saturated heterocycles. The summed E-state index contributed by atoms with van der Waals surface area (Å²) in [6, 6.07) is 15.5. The summed E-state index contributed by atoms with van der Waals surface area (Å²) in [6.45, 7) is 11.6. The van der Waals surface area contributed by atoms with E-state index < -0.39 is 0 Å². The number of rotatable bonds is 19. The summed E-state index contributed by atoms with van der Waals surface area (Å²) in [5, 5.41) is 0. The minimum atomic E-state index is -0.0255. The van der Waals surface area contributed by atoms with Crippen molar-refractivity contribution < 1.29 is 19.1 Å². The van der Waals surface area contributed by atoms with Gasteiger partial charge in [-0.1, -0.05) is 39.5 Å². The van der Waals surface area contributed by atoms with Crippen molar-refractivity contribution in [2.45, 2.75) is 90.9 Å². The minimum absolute atomic E-state index is 0.0255. The zero-order valence-electron chi connectivity index (χ0n) is 27.4. The van der Waals surface area contributed by atoms with Crippen molar-refractivity contribution in [3.8, 4) is 11.5 Å². The van der Waals surface area contributed by atoms with Crippen molar-refractivity contribution in [2.24, 2.45) is 11.8 Å². The largest absolute Gasteiger partial charge is 0.494 e. The van der Waals surface area contributed by atoms with Crippen molar-refractivity contribution in [3.63, 3.8) is 0 Å². The van der Waals surface area contributed by atoms with Gasteiger partial charge in [0.2, 0.25) is 0 Å². The van der Waals surface area contributed by atoms with Crippen LogP contribution < -0.4 is 9.47 Å². The van der Waals surface area contributed by atoms with Gasteiger partial charge in [0.25, 0.3) is 0 Å². The number of benzene rings is 2. The van der Waals surface area contributed by atoms with E-state index in [0.29, 0.717) is 13.2 Å². The third kappa shape index (κ3) is 11.0. The van der Waals surface area contributed by atoms with Gasteiger partial charge < -0.3 is 19.3 Å². The van der Waals surface area contributed by atoms with E-state index in [4.69, 9.17) is 9.47 Å². The second-order valence-electron chi connectivity index (χ2n) is 12.9. The summed E-state index contributed by atoms with van der Waals surface area (Å²) in [5.41, 5.74) is 1.56. The molecule has 2 aromatic carbocycles. The smallest absolute Gasteiger partial charge is 0.167 e. The fraction of sp³-hybridized carbons (Fsp3) is 0.632. The van der Waals surface area contributed by atoms with E-state index in [9.17, 15) is 9.59 Å². The SMILES string of the molecule is CCCOc1ccc(C(=O)[C@@H](CCCC[C@@H](CN2CCCCC2)C(=O)c2ccc(OCCC)cc2)CN2CCCCC2)cc1. The highest BCUT2D eigenvalue weighted by molar-refractivity contribution is 5.98. The summed E-state index contributed by atoms with van der Waals surface area (Å²) in [7, 11) is 0. The maximum absolute atomic E-state index is 13.8. The molecule has 0 spiro atoms. The normalized spacial score (nSPS) is 17.6. The lowest BCUT2D eigenvalue weighted by Gasteiger charge is -2.31. The summed E-state index contributed by atoms with van der Waals surface area (Å²) >= 11 is 0. The van der Waals surface area contributed by atoms with E-state index in [1.165, 1.54) is 38.5 Å². The second-order valence-corrected chi connectivity index (χ2v) is 12.9. The molecule has 2 aromatic rings. The molecule has 2 heterocycles. The molecule has 0 saturated carbocycles. The average Bonchev–Trinajstić information content (AvgIpc) is 3.08. The van der Waals surface area contributed by atoms with Crippen molar-refractivity contribution >= 4 is 11.6 Å². The van der Waals surface area contributed by atoms with Gasteiger partial charge in [-0.15, -0.1) is 0 Å². The van der Waals surface area contributed by atoms with Gasteiger partial charge in [-0.05, 0) is 126 Å². The number of Topliss-reactive ketones (excluding diaryl/α,β-unsaturated/α-hetero) is 2. The van der Waals surface area contributed by atoms with Gasteiger partial charge in [-0.3, -0.25) is 9.59 Å². The van der Waals surface area contributed by atoms with Crippen LogP contribution in [0, 0.1) is 11.8 Å². The molecule has 0 aliphatic carbocycles. The van der Waals surface area contributed by atoms with Gasteiger partial charge in [-0.25, -0.2) is 0 Å². The van der Waals surface area contributed by atoms with Crippen LogP contribution in [0.4, 0.5) is 0 Å². The Kier molecular flexibility index (Phi) is 14.7. The molecule has 0 aromatic heterocycles.